The molecule has 1 fully saturated rings. The summed E-state index contributed by atoms with van der Waals surface area (Å²) in [7, 11) is -1.97. The number of aromatic nitrogens is 1. The molecule has 1 N–H and O–H groups in total. The molecular formula is C14H24N2O4S. The Kier molecular flexibility index (Phi) is 5.08. The van der Waals surface area contributed by atoms with Gasteiger partial charge in [0.25, 0.3) is 0 Å². The van der Waals surface area contributed by atoms with E-state index in [-0.39, 0.29) is 23.6 Å². The van der Waals surface area contributed by atoms with Gasteiger partial charge in [0.2, 0.25) is 10.0 Å². The Morgan fingerprint density at radius 1 is 1.48 bits per heavy atom. The van der Waals surface area contributed by atoms with Gasteiger partial charge >= 0.3 is 0 Å². The zero-order valence-corrected chi connectivity index (χ0v) is 13.6. The molecule has 0 aromatic carbocycles. The van der Waals surface area contributed by atoms with E-state index in [9.17, 15) is 13.5 Å². The van der Waals surface area contributed by atoms with Crippen LogP contribution < -0.4 is 0 Å². The summed E-state index contributed by atoms with van der Waals surface area (Å²) in [5.41, 5.74) is 0.617. The van der Waals surface area contributed by atoms with E-state index < -0.39 is 10.0 Å². The number of aliphatic hydroxyl groups excluding tert-OH is 1. The molecule has 1 aliphatic carbocycles. The van der Waals surface area contributed by atoms with Gasteiger partial charge < -0.3 is 14.4 Å². The Balaban J connectivity index is 2.33. The largest absolute Gasteiger partial charge is 0.390 e. The molecule has 120 valence electrons. The third kappa shape index (κ3) is 3.48. The predicted octanol–water partition coefficient (Wildman–Crippen LogP) is 1.36. The average Bonchev–Trinajstić information content (AvgIpc) is 3.15. The van der Waals surface area contributed by atoms with Crippen LogP contribution in [0.1, 0.15) is 38.4 Å². The second-order valence-corrected chi connectivity index (χ2v) is 7.56. The molecule has 1 aliphatic rings. The Labute approximate surface area is 126 Å². The molecule has 0 aliphatic heterocycles. The van der Waals surface area contributed by atoms with Gasteiger partial charge in [-0.2, -0.15) is 4.31 Å². The highest BCUT2D eigenvalue weighted by Crippen LogP contribution is 2.32. The summed E-state index contributed by atoms with van der Waals surface area (Å²) in [5.74, 6) is 0. The predicted molar refractivity (Wildman–Crippen MR) is 79.5 cm³/mol. The lowest BCUT2D eigenvalue weighted by atomic mass is 10.3. The number of rotatable bonds is 8. The molecule has 0 radical (unpaired) electrons. The first-order valence-electron chi connectivity index (χ1n) is 7.24. The van der Waals surface area contributed by atoms with Crippen molar-refractivity contribution in [3.63, 3.8) is 0 Å². The van der Waals surface area contributed by atoms with Gasteiger partial charge in [0.1, 0.15) is 4.90 Å². The second-order valence-electron chi connectivity index (χ2n) is 5.67. The van der Waals surface area contributed by atoms with Crippen LogP contribution in [0, 0.1) is 0 Å². The molecule has 1 aromatic rings. The summed E-state index contributed by atoms with van der Waals surface area (Å²) in [6.07, 6.45) is 3.43. The minimum absolute atomic E-state index is 0.0881. The quantitative estimate of drug-likeness (QED) is 0.786. The lowest BCUT2D eigenvalue weighted by molar-refractivity contribution is 0.177. The van der Waals surface area contributed by atoms with E-state index in [1.807, 2.05) is 13.8 Å². The van der Waals surface area contributed by atoms with Crippen LogP contribution in [-0.2, 0) is 21.4 Å². The van der Waals surface area contributed by atoms with Gasteiger partial charge in [0, 0.05) is 37.6 Å². The Morgan fingerprint density at radius 3 is 2.57 bits per heavy atom. The maximum absolute atomic E-state index is 12.8. The van der Waals surface area contributed by atoms with Crippen molar-refractivity contribution < 1.29 is 18.3 Å². The molecule has 0 unspecified atom stereocenters. The van der Waals surface area contributed by atoms with Crippen LogP contribution in [0.25, 0.3) is 0 Å². The zero-order chi connectivity index (χ0) is 15.6. The van der Waals surface area contributed by atoms with Crippen molar-refractivity contribution in [2.45, 2.75) is 50.3 Å². The summed E-state index contributed by atoms with van der Waals surface area (Å²) in [6.45, 7) is 4.49. The molecule has 0 spiro atoms. The molecule has 1 heterocycles. The second kappa shape index (κ2) is 6.48. The van der Waals surface area contributed by atoms with Crippen LogP contribution in [-0.4, -0.2) is 48.7 Å². The highest BCUT2D eigenvalue weighted by Gasteiger charge is 2.38. The molecular weight excluding hydrogens is 292 g/mol. The van der Waals surface area contributed by atoms with E-state index in [0.717, 1.165) is 12.8 Å². The monoisotopic (exact) mass is 316 g/mol. The fraction of sp³-hybridized carbons (Fsp3) is 0.714. The third-order valence-electron chi connectivity index (χ3n) is 3.70. The molecule has 1 saturated carbocycles. The van der Waals surface area contributed by atoms with Gasteiger partial charge in [0.15, 0.2) is 0 Å². The van der Waals surface area contributed by atoms with Crippen LogP contribution in [0.2, 0.25) is 0 Å². The van der Waals surface area contributed by atoms with Crippen molar-refractivity contribution in [1.29, 1.82) is 0 Å². The number of ether oxygens (including phenoxy) is 1. The summed E-state index contributed by atoms with van der Waals surface area (Å²) in [6, 6.07) is 1.76. The first-order chi connectivity index (χ1) is 9.91. The Hall–Kier alpha value is -0.890. The smallest absolute Gasteiger partial charge is 0.244 e. The van der Waals surface area contributed by atoms with Crippen molar-refractivity contribution in [2.75, 3.05) is 20.3 Å². The van der Waals surface area contributed by atoms with Gasteiger partial charge in [0.05, 0.1) is 13.2 Å². The van der Waals surface area contributed by atoms with Gasteiger partial charge in [-0.25, -0.2) is 8.42 Å². The topological polar surface area (TPSA) is 71.8 Å². The minimum atomic E-state index is -3.53. The third-order valence-corrected chi connectivity index (χ3v) is 5.62. The minimum Gasteiger partial charge on any atom is -0.390 e. The highest BCUT2D eigenvalue weighted by molar-refractivity contribution is 7.89. The zero-order valence-electron chi connectivity index (χ0n) is 12.8. The van der Waals surface area contributed by atoms with Crippen LogP contribution in [0.3, 0.4) is 0 Å². The number of sulfonamides is 1. The van der Waals surface area contributed by atoms with Crippen molar-refractivity contribution in [1.82, 2.24) is 8.87 Å². The standard InChI is InChI=1S/C14H24N2O4S/c1-11(2)15-9-14(8-13(15)10-17)21(18,19)16(6-7-20-3)12-4-5-12/h8-9,11-12,17H,4-7,10H2,1-3H3. The van der Waals surface area contributed by atoms with E-state index in [0.29, 0.717) is 18.8 Å². The van der Waals surface area contributed by atoms with E-state index in [1.54, 1.807) is 23.9 Å². The van der Waals surface area contributed by atoms with Crippen molar-refractivity contribution in [3.8, 4) is 0 Å². The summed E-state index contributed by atoms with van der Waals surface area (Å²) in [5, 5.41) is 9.40. The molecule has 21 heavy (non-hydrogen) atoms. The highest BCUT2D eigenvalue weighted by atomic mass is 32.2. The van der Waals surface area contributed by atoms with Gasteiger partial charge in [-0.1, -0.05) is 0 Å². The average molecular weight is 316 g/mol. The van der Waals surface area contributed by atoms with Gasteiger partial charge in [-0.05, 0) is 32.8 Å². The Bertz CT molecular complexity index is 576. The van der Waals surface area contributed by atoms with E-state index >= 15 is 0 Å². The first kappa shape index (κ1) is 16.5. The number of nitrogens with zero attached hydrogens (tertiary/aromatic N) is 2. The summed E-state index contributed by atoms with van der Waals surface area (Å²) >= 11 is 0. The SMILES string of the molecule is COCCN(C1CC1)S(=O)(=O)c1cc(CO)n(C(C)C)c1. The molecule has 0 bridgehead atoms. The maximum Gasteiger partial charge on any atom is 0.244 e. The van der Waals surface area contributed by atoms with Crippen LogP contribution in [0.5, 0.6) is 0 Å². The molecule has 1 aromatic heterocycles. The van der Waals surface area contributed by atoms with Crippen LogP contribution >= 0.6 is 0 Å². The number of methoxy groups -OCH3 is 1. The fourth-order valence-electron chi connectivity index (χ4n) is 2.42. The fourth-order valence-corrected chi connectivity index (χ4v) is 4.14. The molecule has 0 atom stereocenters. The molecule has 2 rings (SSSR count). The molecule has 7 heteroatoms. The normalized spacial score (nSPS) is 16.1. The lowest BCUT2D eigenvalue weighted by Gasteiger charge is -2.20. The van der Waals surface area contributed by atoms with Crippen LogP contribution in [0.4, 0.5) is 0 Å². The maximum atomic E-state index is 12.8. The first-order valence-corrected chi connectivity index (χ1v) is 8.68. The van der Waals surface area contributed by atoms with E-state index in [2.05, 4.69) is 0 Å². The van der Waals surface area contributed by atoms with Crippen LogP contribution in [0.15, 0.2) is 17.2 Å². The van der Waals surface area contributed by atoms with Crippen molar-refractivity contribution in [2.24, 2.45) is 0 Å². The van der Waals surface area contributed by atoms with Gasteiger partial charge in [-0.15, -0.1) is 0 Å². The number of hydrogen-bond donors (Lipinski definition) is 1. The summed E-state index contributed by atoms with van der Waals surface area (Å²) < 4.78 is 33.9. The summed E-state index contributed by atoms with van der Waals surface area (Å²) in [4.78, 5) is 0.253. The molecule has 0 saturated heterocycles. The van der Waals surface area contributed by atoms with E-state index in [1.165, 1.54) is 4.31 Å². The molecule has 0 amide bonds. The van der Waals surface area contributed by atoms with Crippen molar-refractivity contribution in [3.05, 3.63) is 18.0 Å². The van der Waals surface area contributed by atoms with Gasteiger partial charge in [-0.3, -0.25) is 0 Å². The number of hydrogen-bond acceptors (Lipinski definition) is 4. The molecule has 6 nitrogen and oxygen atoms in total. The van der Waals surface area contributed by atoms with Crippen molar-refractivity contribution >= 4 is 10.0 Å². The Morgan fingerprint density at radius 2 is 2.14 bits per heavy atom. The van der Waals surface area contributed by atoms with E-state index in [4.69, 9.17) is 4.74 Å². The lowest BCUT2D eigenvalue weighted by Crippen LogP contribution is -2.35. The number of aliphatic hydroxyl groups is 1.